The van der Waals surface area contributed by atoms with Crippen LogP contribution in [0.25, 0.3) is 0 Å². The Balaban J connectivity index is 2.26. The minimum Gasteiger partial charge on any atom is -0.494 e. The molecule has 0 radical (unpaired) electrons. The van der Waals surface area contributed by atoms with Crippen molar-refractivity contribution in [3.63, 3.8) is 0 Å². The molecular weight excluding hydrogens is 273 g/mol. The monoisotopic (exact) mass is 291 g/mol. The van der Waals surface area contributed by atoms with Gasteiger partial charge < -0.3 is 20.4 Å². The Hall–Kier alpha value is -2.50. The highest BCUT2D eigenvalue weighted by atomic mass is 19.1. The zero-order valence-electron chi connectivity index (χ0n) is 12.2. The maximum absolute atomic E-state index is 13.3. The number of benzene rings is 1. The van der Waals surface area contributed by atoms with Gasteiger partial charge in [-0.05, 0) is 32.0 Å². The fourth-order valence-corrected chi connectivity index (χ4v) is 2.04. The smallest absolute Gasteiger partial charge is 0.272 e. The number of hydrogen-bond donors (Lipinski definition) is 2. The van der Waals surface area contributed by atoms with Crippen LogP contribution in [0.2, 0.25) is 0 Å². The predicted octanol–water partition coefficient (Wildman–Crippen LogP) is 3.05. The lowest BCUT2D eigenvalue weighted by molar-refractivity contribution is 0.101. The number of ether oxygens (including phenoxy) is 1. The van der Waals surface area contributed by atoms with Crippen molar-refractivity contribution in [3.05, 3.63) is 42.0 Å². The van der Waals surface area contributed by atoms with Gasteiger partial charge in [0.15, 0.2) is 11.6 Å². The first-order valence-corrected chi connectivity index (χ1v) is 6.54. The number of nitrogens with one attached hydrogen (secondary N) is 1. The summed E-state index contributed by atoms with van der Waals surface area (Å²) in [5.74, 6) is -0.717. The molecule has 5 nitrogen and oxygen atoms in total. The van der Waals surface area contributed by atoms with Crippen LogP contribution in [0.5, 0.6) is 5.75 Å². The van der Waals surface area contributed by atoms with E-state index in [1.807, 2.05) is 13.8 Å². The number of hydrogen-bond acceptors (Lipinski definition) is 3. The Morgan fingerprint density at radius 1 is 1.38 bits per heavy atom. The van der Waals surface area contributed by atoms with Crippen molar-refractivity contribution in [2.24, 2.45) is 0 Å². The van der Waals surface area contributed by atoms with Gasteiger partial charge in [-0.25, -0.2) is 4.39 Å². The molecule has 1 aromatic heterocycles. The molecule has 1 heterocycles. The number of carbonyl (C=O) groups is 1. The number of methoxy groups -OCH3 is 1. The van der Waals surface area contributed by atoms with Crippen LogP contribution in [0.1, 0.15) is 30.4 Å². The van der Waals surface area contributed by atoms with Crippen molar-refractivity contribution in [2.75, 3.05) is 18.2 Å². The minimum atomic E-state index is -0.481. The van der Waals surface area contributed by atoms with Gasteiger partial charge in [0.2, 0.25) is 0 Å². The van der Waals surface area contributed by atoms with E-state index in [1.165, 1.54) is 25.3 Å². The van der Waals surface area contributed by atoms with Crippen LogP contribution in [-0.4, -0.2) is 17.6 Å². The molecule has 0 aliphatic heterocycles. The molecule has 1 aromatic carbocycles. The van der Waals surface area contributed by atoms with Crippen LogP contribution in [0.15, 0.2) is 30.5 Å². The average Bonchev–Trinajstić information content (AvgIpc) is 2.83. The maximum atomic E-state index is 13.3. The van der Waals surface area contributed by atoms with Crippen LogP contribution in [-0.2, 0) is 0 Å². The first-order valence-electron chi connectivity index (χ1n) is 6.54. The van der Waals surface area contributed by atoms with Gasteiger partial charge in [-0.1, -0.05) is 0 Å². The van der Waals surface area contributed by atoms with E-state index >= 15 is 0 Å². The molecular formula is C15H18FN3O2. The standard InChI is InChI=1S/C15H18FN3O2/c1-9(2)19-8-10(17)6-13(19)15(20)18-11-4-5-12(16)14(7-11)21-3/h4-9H,17H2,1-3H3,(H,18,20). The topological polar surface area (TPSA) is 69.3 Å². The summed E-state index contributed by atoms with van der Waals surface area (Å²) in [6.45, 7) is 3.91. The number of anilines is 2. The highest BCUT2D eigenvalue weighted by molar-refractivity contribution is 6.04. The Labute approximate surface area is 122 Å². The quantitative estimate of drug-likeness (QED) is 0.909. The van der Waals surface area contributed by atoms with E-state index in [9.17, 15) is 9.18 Å². The fraction of sp³-hybridized carbons (Fsp3) is 0.267. The van der Waals surface area contributed by atoms with Gasteiger partial charge in [-0.2, -0.15) is 0 Å². The summed E-state index contributed by atoms with van der Waals surface area (Å²) in [5, 5.41) is 2.71. The van der Waals surface area contributed by atoms with E-state index in [0.717, 1.165) is 0 Å². The molecule has 6 heteroatoms. The predicted molar refractivity (Wildman–Crippen MR) is 80.1 cm³/mol. The van der Waals surface area contributed by atoms with Crippen molar-refractivity contribution in [2.45, 2.75) is 19.9 Å². The summed E-state index contributed by atoms with van der Waals surface area (Å²) in [4.78, 5) is 12.3. The zero-order valence-corrected chi connectivity index (χ0v) is 12.2. The van der Waals surface area contributed by atoms with Crippen molar-refractivity contribution >= 4 is 17.3 Å². The molecule has 0 bridgehead atoms. The lowest BCUT2D eigenvalue weighted by atomic mass is 10.2. The van der Waals surface area contributed by atoms with Crippen LogP contribution in [0.3, 0.4) is 0 Å². The number of nitrogens with zero attached hydrogens (tertiary/aromatic N) is 1. The molecule has 1 amide bonds. The summed E-state index contributed by atoms with van der Waals surface area (Å²) < 4.78 is 20.0. The number of aromatic nitrogens is 1. The molecule has 0 unspecified atom stereocenters. The van der Waals surface area contributed by atoms with E-state index < -0.39 is 5.82 Å². The Morgan fingerprint density at radius 2 is 2.10 bits per heavy atom. The number of halogens is 1. The van der Waals surface area contributed by atoms with E-state index in [2.05, 4.69) is 5.32 Å². The number of amides is 1. The number of rotatable bonds is 4. The van der Waals surface area contributed by atoms with Gasteiger partial charge >= 0.3 is 0 Å². The third kappa shape index (κ3) is 3.16. The van der Waals surface area contributed by atoms with Gasteiger partial charge in [0, 0.05) is 24.0 Å². The largest absolute Gasteiger partial charge is 0.494 e. The first kappa shape index (κ1) is 14.9. The molecule has 0 aliphatic rings. The highest BCUT2D eigenvalue weighted by Gasteiger charge is 2.15. The Kier molecular flexibility index (Phi) is 4.16. The minimum absolute atomic E-state index is 0.0755. The van der Waals surface area contributed by atoms with Crippen LogP contribution in [0.4, 0.5) is 15.8 Å². The Bertz CT molecular complexity index is 665. The summed E-state index contributed by atoms with van der Waals surface area (Å²) in [5.41, 5.74) is 7.16. The number of nitrogen functional groups attached to an aromatic ring is 1. The van der Waals surface area contributed by atoms with Crippen LogP contribution in [0, 0.1) is 5.82 Å². The molecule has 21 heavy (non-hydrogen) atoms. The molecule has 2 aromatic rings. The normalized spacial score (nSPS) is 10.7. The van der Waals surface area contributed by atoms with E-state index in [1.54, 1.807) is 16.8 Å². The second-order valence-corrected chi connectivity index (χ2v) is 4.96. The van der Waals surface area contributed by atoms with Crippen LogP contribution < -0.4 is 15.8 Å². The summed E-state index contributed by atoms with van der Waals surface area (Å²) in [6.07, 6.45) is 1.71. The summed E-state index contributed by atoms with van der Waals surface area (Å²) in [7, 11) is 1.37. The SMILES string of the molecule is COc1cc(NC(=O)c2cc(N)cn2C(C)C)ccc1F. The fourth-order valence-electron chi connectivity index (χ4n) is 2.04. The first-order chi connectivity index (χ1) is 9.92. The Morgan fingerprint density at radius 3 is 2.71 bits per heavy atom. The summed E-state index contributed by atoms with van der Waals surface area (Å²) in [6, 6.07) is 5.85. The molecule has 0 aliphatic carbocycles. The second-order valence-electron chi connectivity index (χ2n) is 4.96. The molecule has 0 spiro atoms. The highest BCUT2D eigenvalue weighted by Crippen LogP contribution is 2.23. The lowest BCUT2D eigenvalue weighted by Crippen LogP contribution is -2.17. The van der Waals surface area contributed by atoms with Crippen molar-refractivity contribution in [3.8, 4) is 5.75 Å². The lowest BCUT2D eigenvalue weighted by Gasteiger charge is -2.13. The number of nitrogens with two attached hydrogens (primary N) is 1. The maximum Gasteiger partial charge on any atom is 0.272 e. The van der Waals surface area contributed by atoms with E-state index in [-0.39, 0.29) is 17.7 Å². The van der Waals surface area contributed by atoms with Gasteiger partial charge in [-0.15, -0.1) is 0 Å². The molecule has 0 saturated heterocycles. The van der Waals surface area contributed by atoms with Gasteiger partial charge in [0.05, 0.1) is 12.8 Å². The van der Waals surface area contributed by atoms with Gasteiger partial charge in [0.25, 0.3) is 5.91 Å². The van der Waals surface area contributed by atoms with Crippen molar-refractivity contribution in [1.29, 1.82) is 0 Å². The van der Waals surface area contributed by atoms with Gasteiger partial charge in [-0.3, -0.25) is 4.79 Å². The zero-order chi connectivity index (χ0) is 15.6. The molecule has 0 saturated carbocycles. The molecule has 112 valence electrons. The third-order valence-corrected chi connectivity index (χ3v) is 3.07. The molecule has 3 N–H and O–H groups in total. The van der Waals surface area contributed by atoms with Crippen LogP contribution >= 0.6 is 0 Å². The van der Waals surface area contributed by atoms with Crippen molar-refractivity contribution in [1.82, 2.24) is 4.57 Å². The average molecular weight is 291 g/mol. The number of carbonyl (C=O) groups excluding carboxylic acids is 1. The molecule has 0 atom stereocenters. The van der Waals surface area contributed by atoms with Gasteiger partial charge in [0.1, 0.15) is 5.69 Å². The van der Waals surface area contributed by atoms with E-state index in [0.29, 0.717) is 17.1 Å². The second kappa shape index (κ2) is 5.87. The molecule has 2 rings (SSSR count). The van der Waals surface area contributed by atoms with Crippen molar-refractivity contribution < 1.29 is 13.9 Å². The van der Waals surface area contributed by atoms with E-state index in [4.69, 9.17) is 10.5 Å². The molecule has 0 fully saturated rings. The summed E-state index contributed by atoms with van der Waals surface area (Å²) >= 11 is 0. The third-order valence-electron chi connectivity index (χ3n) is 3.07.